The van der Waals surface area contributed by atoms with Gasteiger partial charge in [0.1, 0.15) is 0 Å². The molecule has 0 bridgehead atoms. The third-order valence-electron chi connectivity index (χ3n) is 5.76. The second kappa shape index (κ2) is 15.6. The van der Waals surface area contributed by atoms with Crippen LogP contribution in [-0.2, 0) is 31.9 Å². The molecule has 0 saturated heterocycles. The Kier molecular flexibility index (Phi) is 12.5. The molecule has 0 aliphatic heterocycles. The van der Waals surface area contributed by atoms with Gasteiger partial charge < -0.3 is 9.47 Å². The van der Waals surface area contributed by atoms with E-state index < -0.39 is 0 Å². The molecule has 0 saturated carbocycles. The van der Waals surface area contributed by atoms with Crippen LogP contribution in [0.5, 0.6) is 0 Å². The molecule has 0 atom stereocenters. The molecule has 5 aromatic rings. The van der Waals surface area contributed by atoms with Gasteiger partial charge in [0.15, 0.2) is 0 Å². The maximum absolute atomic E-state index is 12.2. The second-order valence-corrected chi connectivity index (χ2v) is 14.2. The van der Waals surface area contributed by atoms with Crippen molar-refractivity contribution in [1.82, 2.24) is 0 Å². The van der Waals surface area contributed by atoms with E-state index in [0.717, 1.165) is 40.4 Å². The molecule has 0 spiro atoms. The van der Waals surface area contributed by atoms with Crippen LogP contribution in [0.4, 0.5) is 0 Å². The first-order chi connectivity index (χ1) is 19.8. The highest BCUT2D eigenvalue weighted by Gasteiger charge is 2.21. The van der Waals surface area contributed by atoms with Crippen molar-refractivity contribution in [2.24, 2.45) is 0 Å². The van der Waals surface area contributed by atoms with E-state index in [1.807, 2.05) is 27.7 Å². The van der Waals surface area contributed by atoms with Crippen LogP contribution in [-0.4, -0.2) is 26.2 Å². The fourth-order valence-electron chi connectivity index (χ4n) is 3.95. The van der Waals surface area contributed by atoms with E-state index in [0.29, 0.717) is 0 Å². The fourth-order valence-corrected chi connectivity index (χ4v) is 9.51. The van der Waals surface area contributed by atoms with Gasteiger partial charge in [-0.25, -0.2) is 0 Å². The highest BCUT2D eigenvalue weighted by molar-refractivity contribution is 7.29. The lowest BCUT2D eigenvalue weighted by Gasteiger charge is -2.02. The SMILES string of the molecule is CC.CC.COC(=O)Cc1cc(-c2ccc(C)s2)sc1-c1ccc(-c2sc(-c3ccc(C)s3)cc2CC(=O)OC)s1. The number of aryl methyl sites for hydroxylation is 2. The van der Waals surface area contributed by atoms with Gasteiger partial charge >= 0.3 is 11.9 Å². The standard InChI is InChI=1S/C28H24O4S5.2C2H6/c1-15-5-7-19(33-15)23-11-17(13-25(29)31-3)27(36-23)21-9-10-22(35-21)28-18(14-26(30)32-4)12-24(37-28)20-8-6-16(2)34-20;2*1-2/h5-12H,13-14H2,1-4H3;2*1-2H3. The number of hydrogen-bond donors (Lipinski definition) is 0. The topological polar surface area (TPSA) is 52.6 Å². The van der Waals surface area contributed by atoms with Gasteiger partial charge in [0, 0.05) is 48.8 Å². The largest absolute Gasteiger partial charge is 0.469 e. The number of thiophene rings is 5. The van der Waals surface area contributed by atoms with Crippen LogP contribution in [0.25, 0.3) is 39.0 Å². The molecule has 0 radical (unpaired) electrons. The Balaban J connectivity index is 0.00000111. The average Bonchev–Trinajstić information content (AvgIpc) is 3.81. The van der Waals surface area contributed by atoms with Gasteiger partial charge in [-0.1, -0.05) is 27.7 Å². The summed E-state index contributed by atoms with van der Waals surface area (Å²) in [5.74, 6) is -0.501. The predicted octanol–water partition coefficient (Wildman–Crippen LogP) is 10.8. The molecule has 5 rings (SSSR count). The summed E-state index contributed by atoms with van der Waals surface area (Å²) < 4.78 is 9.96. The number of esters is 2. The number of methoxy groups -OCH3 is 2. The van der Waals surface area contributed by atoms with Crippen LogP contribution in [0, 0.1) is 13.8 Å². The van der Waals surface area contributed by atoms with Gasteiger partial charge in [-0.15, -0.1) is 56.7 Å². The van der Waals surface area contributed by atoms with E-state index >= 15 is 0 Å². The first kappa shape index (κ1) is 32.9. The highest BCUT2D eigenvalue weighted by Crippen LogP contribution is 2.47. The minimum atomic E-state index is -0.251. The fraction of sp³-hybridized carbons (Fsp3) is 0.312. The maximum Gasteiger partial charge on any atom is 0.310 e. The van der Waals surface area contributed by atoms with Crippen LogP contribution in [0.3, 0.4) is 0 Å². The second-order valence-electron chi connectivity index (χ2n) is 8.42. The van der Waals surface area contributed by atoms with Crippen molar-refractivity contribution in [2.75, 3.05) is 14.2 Å². The Morgan fingerprint density at radius 2 is 0.902 bits per heavy atom. The van der Waals surface area contributed by atoms with E-state index in [-0.39, 0.29) is 24.8 Å². The molecule has 0 aromatic carbocycles. The molecule has 0 aliphatic rings. The Hall–Kier alpha value is -2.56. The van der Waals surface area contributed by atoms with Gasteiger partial charge in [0.05, 0.1) is 27.1 Å². The lowest BCUT2D eigenvalue weighted by atomic mass is 10.1. The number of ether oxygens (including phenoxy) is 2. The molecule has 4 nitrogen and oxygen atoms in total. The van der Waals surface area contributed by atoms with Crippen molar-refractivity contribution < 1.29 is 19.1 Å². The van der Waals surface area contributed by atoms with Crippen LogP contribution < -0.4 is 0 Å². The maximum atomic E-state index is 12.2. The Morgan fingerprint density at radius 3 is 1.22 bits per heavy atom. The number of carbonyl (C=O) groups excluding carboxylic acids is 2. The summed E-state index contributed by atoms with van der Waals surface area (Å²) in [6.07, 6.45) is 0.461. The minimum absolute atomic E-state index is 0.231. The van der Waals surface area contributed by atoms with E-state index in [4.69, 9.17) is 9.47 Å². The van der Waals surface area contributed by atoms with E-state index in [1.165, 1.54) is 33.7 Å². The normalized spacial score (nSPS) is 10.3. The van der Waals surface area contributed by atoms with Gasteiger partial charge in [-0.05, 0) is 73.5 Å². The molecule has 0 amide bonds. The monoisotopic (exact) mass is 644 g/mol. The zero-order valence-electron chi connectivity index (χ0n) is 24.7. The zero-order valence-corrected chi connectivity index (χ0v) is 28.8. The molecule has 218 valence electrons. The van der Waals surface area contributed by atoms with E-state index in [9.17, 15) is 9.59 Å². The molecule has 0 fully saturated rings. The summed E-state index contributed by atoms with van der Waals surface area (Å²) in [5, 5.41) is 0. The number of rotatable bonds is 8. The Labute approximate surface area is 263 Å². The van der Waals surface area contributed by atoms with Crippen molar-refractivity contribution in [3.8, 4) is 39.0 Å². The summed E-state index contributed by atoms with van der Waals surface area (Å²) in [4.78, 5) is 36.0. The molecule has 0 unspecified atom stereocenters. The Bertz CT molecular complexity index is 1460. The van der Waals surface area contributed by atoms with Gasteiger partial charge in [0.2, 0.25) is 0 Å². The van der Waals surface area contributed by atoms with Crippen molar-refractivity contribution >= 4 is 68.6 Å². The van der Waals surface area contributed by atoms with Crippen molar-refractivity contribution in [3.63, 3.8) is 0 Å². The summed E-state index contributed by atoms with van der Waals surface area (Å²) in [6, 6.07) is 17.0. The van der Waals surface area contributed by atoms with Crippen LogP contribution >= 0.6 is 56.7 Å². The first-order valence-electron chi connectivity index (χ1n) is 13.5. The quantitative estimate of drug-likeness (QED) is 0.158. The summed E-state index contributed by atoms with van der Waals surface area (Å²) in [7, 11) is 2.85. The van der Waals surface area contributed by atoms with Crippen molar-refractivity contribution in [3.05, 3.63) is 69.4 Å². The summed E-state index contributed by atoms with van der Waals surface area (Å²) in [6.45, 7) is 12.2. The van der Waals surface area contributed by atoms with E-state index in [2.05, 4.69) is 62.4 Å². The van der Waals surface area contributed by atoms with Crippen LogP contribution in [0.15, 0.2) is 48.5 Å². The molecular formula is C32H36O4S5. The van der Waals surface area contributed by atoms with Gasteiger partial charge in [-0.2, -0.15) is 0 Å². The number of carbonyl (C=O) groups is 2. The molecule has 41 heavy (non-hydrogen) atoms. The molecular weight excluding hydrogens is 609 g/mol. The smallest absolute Gasteiger partial charge is 0.310 e. The van der Waals surface area contributed by atoms with Crippen molar-refractivity contribution in [2.45, 2.75) is 54.4 Å². The first-order valence-corrected chi connectivity index (χ1v) is 17.6. The lowest BCUT2D eigenvalue weighted by Crippen LogP contribution is -2.04. The average molecular weight is 645 g/mol. The lowest BCUT2D eigenvalue weighted by molar-refractivity contribution is -0.140. The Morgan fingerprint density at radius 1 is 0.537 bits per heavy atom. The summed E-state index contributed by atoms with van der Waals surface area (Å²) >= 11 is 8.61. The van der Waals surface area contributed by atoms with Crippen LogP contribution in [0.1, 0.15) is 48.6 Å². The summed E-state index contributed by atoms with van der Waals surface area (Å²) in [5.41, 5.74) is 1.95. The van der Waals surface area contributed by atoms with Gasteiger partial charge in [-0.3, -0.25) is 9.59 Å². The number of hydrogen-bond acceptors (Lipinski definition) is 9. The molecule has 5 aromatic heterocycles. The van der Waals surface area contributed by atoms with E-state index in [1.54, 1.807) is 56.7 Å². The molecule has 0 aliphatic carbocycles. The minimum Gasteiger partial charge on any atom is -0.469 e. The third-order valence-corrected chi connectivity index (χ3v) is 12.0. The zero-order chi connectivity index (χ0) is 30.1. The third kappa shape index (κ3) is 8.05. The molecule has 9 heteroatoms. The molecule has 5 heterocycles. The highest BCUT2D eigenvalue weighted by atomic mass is 32.1. The van der Waals surface area contributed by atoms with Crippen LogP contribution in [0.2, 0.25) is 0 Å². The predicted molar refractivity (Wildman–Crippen MR) is 181 cm³/mol. The van der Waals surface area contributed by atoms with Gasteiger partial charge in [0.25, 0.3) is 0 Å². The van der Waals surface area contributed by atoms with Crippen molar-refractivity contribution in [1.29, 1.82) is 0 Å². The molecule has 0 N–H and O–H groups in total.